The number of aliphatic carboxylic acids is 1. The molecule has 1 aliphatic heterocycles. The maximum atomic E-state index is 12.9. The van der Waals surface area contributed by atoms with Crippen LogP contribution in [0.5, 0.6) is 0 Å². The molecule has 1 aliphatic rings. The first kappa shape index (κ1) is 23.8. The van der Waals surface area contributed by atoms with Gasteiger partial charge in [0.25, 0.3) is 0 Å². The van der Waals surface area contributed by atoms with Crippen molar-refractivity contribution in [3.8, 4) is 0 Å². The molecule has 11 nitrogen and oxygen atoms in total. The van der Waals surface area contributed by atoms with Crippen molar-refractivity contribution in [2.75, 3.05) is 19.8 Å². The molecule has 1 saturated heterocycles. The molecule has 0 aromatic carbocycles. The Bertz CT molecular complexity index is 586. The van der Waals surface area contributed by atoms with Crippen LogP contribution in [0.2, 0.25) is 0 Å². The minimum absolute atomic E-state index is 0.282. The van der Waals surface area contributed by atoms with Gasteiger partial charge in [0, 0.05) is 6.54 Å². The number of hydrogen-bond acceptors (Lipinski definition) is 7. The Labute approximate surface area is 163 Å². The second-order valence-corrected chi connectivity index (χ2v) is 6.93. The van der Waals surface area contributed by atoms with Gasteiger partial charge in [-0.25, -0.2) is 4.79 Å². The Hall–Kier alpha value is -2.24. The predicted molar refractivity (Wildman–Crippen MR) is 97.8 cm³/mol. The number of carbonyl (C=O) groups is 4. The van der Waals surface area contributed by atoms with Crippen molar-refractivity contribution in [2.45, 2.75) is 57.3 Å². The van der Waals surface area contributed by atoms with Gasteiger partial charge in [-0.3, -0.25) is 14.4 Å². The van der Waals surface area contributed by atoms with Crippen molar-refractivity contribution in [3.05, 3.63) is 0 Å². The molecule has 28 heavy (non-hydrogen) atoms. The third-order valence-electron chi connectivity index (χ3n) is 4.95. The van der Waals surface area contributed by atoms with E-state index in [1.165, 1.54) is 4.90 Å². The third-order valence-corrected chi connectivity index (χ3v) is 4.95. The zero-order chi connectivity index (χ0) is 21.4. The number of carboxylic acid groups (broad SMARTS) is 1. The number of amides is 3. The van der Waals surface area contributed by atoms with Gasteiger partial charge in [0.1, 0.15) is 24.2 Å². The molecule has 7 N–H and O–H groups in total. The molecule has 0 aromatic heterocycles. The van der Waals surface area contributed by atoms with Crippen LogP contribution in [-0.4, -0.2) is 87.8 Å². The number of aliphatic hydroxyl groups is 2. The van der Waals surface area contributed by atoms with E-state index in [2.05, 4.69) is 10.6 Å². The van der Waals surface area contributed by atoms with Gasteiger partial charge < -0.3 is 36.6 Å². The summed E-state index contributed by atoms with van der Waals surface area (Å²) in [5.41, 5.74) is 5.37. The van der Waals surface area contributed by atoms with E-state index in [-0.39, 0.29) is 12.5 Å². The van der Waals surface area contributed by atoms with Gasteiger partial charge in [-0.15, -0.1) is 0 Å². The van der Waals surface area contributed by atoms with E-state index >= 15 is 0 Å². The summed E-state index contributed by atoms with van der Waals surface area (Å²) in [6, 6.07) is -4.56. The molecule has 5 atom stereocenters. The Kier molecular flexibility index (Phi) is 9.29. The maximum absolute atomic E-state index is 12.9. The van der Waals surface area contributed by atoms with Crippen LogP contribution in [0.15, 0.2) is 0 Å². The third kappa shape index (κ3) is 5.88. The van der Waals surface area contributed by atoms with Crippen LogP contribution in [0.1, 0.15) is 33.1 Å². The average Bonchev–Trinajstić information content (AvgIpc) is 3.18. The number of nitrogens with one attached hydrogen (secondary N) is 2. The Morgan fingerprint density at radius 1 is 1.14 bits per heavy atom. The van der Waals surface area contributed by atoms with Crippen LogP contribution in [0.25, 0.3) is 0 Å². The number of aliphatic hydroxyl groups excluding tert-OH is 2. The lowest BCUT2D eigenvalue weighted by atomic mass is 9.97. The molecule has 160 valence electrons. The monoisotopic (exact) mass is 402 g/mol. The summed E-state index contributed by atoms with van der Waals surface area (Å²) in [4.78, 5) is 49.8. The average molecular weight is 402 g/mol. The highest BCUT2D eigenvalue weighted by atomic mass is 16.4. The van der Waals surface area contributed by atoms with E-state index in [0.29, 0.717) is 19.3 Å². The normalized spacial score (nSPS) is 20.8. The van der Waals surface area contributed by atoms with E-state index in [1.54, 1.807) is 6.92 Å². The molecule has 0 spiro atoms. The summed E-state index contributed by atoms with van der Waals surface area (Å²) in [5.74, 6) is -3.54. The summed E-state index contributed by atoms with van der Waals surface area (Å²) in [5, 5.41) is 32.3. The smallest absolute Gasteiger partial charge is 0.326 e. The molecular weight excluding hydrogens is 372 g/mol. The van der Waals surface area contributed by atoms with E-state index in [4.69, 9.17) is 10.8 Å². The van der Waals surface area contributed by atoms with Crippen LogP contribution in [-0.2, 0) is 19.2 Å². The first-order valence-corrected chi connectivity index (χ1v) is 9.29. The quantitative estimate of drug-likeness (QED) is 0.230. The molecule has 1 rings (SSSR count). The van der Waals surface area contributed by atoms with Crippen molar-refractivity contribution in [1.29, 1.82) is 0 Å². The van der Waals surface area contributed by atoms with Crippen LogP contribution in [0.4, 0.5) is 0 Å². The molecule has 0 aromatic rings. The molecule has 0 radical (unpaired) electrons. The largest absolute Gasteiger partial charge is 0.480 e. The first-order valence-electron chi connectivity index (χ1n) is 9.29. The highest BCUT2D eigenvalue weighted by Gasteiger charge is 2.39. The fourth-order valence-corrected chi connectivity index (χ4v) is 2.96. The van der Waals surface area contributed by atoms with Crippen molar-refractivity contribution < 1.29 is 34.5 Å². The summed E-state index contributed by atoms with van der Waals surface area (Å²) >= 11 is 0. The van der Waals surface area contributed by atoms with E-state index in [0.717, 1.165) is 0 Å². The lowest BCUT2D eigenvalue weighted by Crippen LogP contribution is -2.59. The molecule has 1 fully saturated rings. The lowest BCUT2D eigenvalue weighted by Gasteiger charge is -2.31. The van der Waals surface area contributed by atoms with Gasteiger partial charge in [0.15, 0.2) is 0 Å². The standard InChI is InChI=1S/C17H30N4O7/c1-3-9(2)13(16(26)21-6-4-5-12(21)17(27)28)20-15(25)11(8-23)19-14(24)10(18)7-22/h9-13,22-23H,3-8,18H2,1-2H3,(H,19,24)(H,20,25)(H,27,28)/t9-,10-,11-,12-,13-/m0/s1. The maximum Gasteiger partial charge on any atom is 0.326 e. The Morgan fingerprint density at radius 2 is 1.79 bits per heavy atom. The van der Waals surface area contributed by atoms with Crippen molar-refractivity contribution in [2.24, 2.45) is 11.7 Å². The Balaban J connectivity index is 2.92. The molecule has 1 heterocycles. The second-order valence-electron chi connectivity index (χ2n) is 6.93. The predicted octanol–water partition coefficient (Wildman–Crippen LogP) is -2.61. The first-order chi connectivity index (χ1) is 13.2. The van der Waals surface area contributed by atoms with Crippen LogP contribution < -0.4 is 16.4 Å². The minimum Gasteiger partial charge on any atom is -0.480 e. The van der Waals surface area contributed by atoms with Crippen molar-refractivity contribution in [1.82, 2.24) is 15.5 Å². The van der Waals surface area contributed by atoms with Gasteiger partial charge in [0.2, 0.25) is 17.7 Å². The zero-order valence-electron chi connectivity index (χ0n) is 16.1. The number of likely N-dealkylation sites (tertiary alicyclic amines) is 1. The number of nitrogens with zero attached hydrogens (tertiary/aromatic N) is 1. The highest BCUT2D eigenvalue weighted by molar-refractivity contribution is 5.94. The molecule has 0 bridgehead atoms. The second kappa shape index (κ2) is 10.9. The number of rotatable bonds is 10. The van der Waals surface area contributed by atoms with Gasteiger partial charge in [-0.1, -0.05) is 20.3 Å². The fraction of sp³-hybridized carbons (Fsp3) is 0.765. The number of carboxylic acids is 1. The zero-order valence-corrected chi connectivity index (χ0v) is 16.1. The summed E-state index contributed by atoms with van der Waals surface area (Å²) < 4.78 is 0. The van der Waals surface area contributed by atoms with E-state index in [1.807, 2.05) is 6.92 Å². The van der Waals surface area contributed by atoms with Gasteiger partial charge in [-0.05, 0) is 18.8 Å². The Morgan fingerprint density at radius 3 is 2.29 bits per heavy atom. The van der Waals surface area contributed by atoms with E-state index < -0.39 is 61.1 Å². The van der Waals surface area contributed by atoms with Crippen LogP contribution in [0.3, 0.4) is 0 Å². The van der Waals surface area contributed by atoms with Gasteiger partial charge in [-0.2, -0.15) is 0 Å². The number of hydrogen-bond donors (Lipinski definition) is 6. The molecule has 0 saturated carbocycles. The SMILES string of the molecule is CC[C@H](C)[C@H](NC(=O)[C@H](CO)NC(=O)[C@@H](N)CO)C(=O)N1CCC[C@H]1C(=O)O. The highest BCUT2D eigenvalue weighted by Crippen LogP contribution is 2.21. The molecule has 0 unspecified atom stereocenters. The van der Waals surface area contributed by atoms with Gasteiger partial charge >= 0.3 is 5.97 Å². The lowest BCUT2D eigenvalue weighted by molar-refractivity contribution is -0.150. The molecule has 0 aliphatic carbocycles. The summed E-state index contributed by atoms with van der Waals surface area (Å²) in [6.45, 7) is 2.47. The summed E-state index contributed by atoms with van der Waals surface area (Å²) in [7, 11) is 0. The molecule has 11 heteroatoms. The molecule has 3 amide bonds. The number of carbonyl (C=O) groups excluding carboxylic acids is 3. The van der Waals surface area contributed by atoms with Crippen LogP contribution >= 0.6 is 0 Å². The fourth-order valence-electron chi connectivity index (χ4n) is 2.96. The molecular formula is C17H30N4O7. The van der Waals surface area contributed by atoms with Crippen LogP contribution in [0, 0.1) is 5.92 Å². The van der Waals surface area contributed by atoms with E-state index in [9.17, 15) is 29.4 Å². The number of nitrogens with two attached hydrogens (primary N) is 1. The van der Waals surface area contributed by atoms with Crippen molar-refractivity contribution in [3.63, 3.8) is 0 Å². The van der Waals surface area contributed by atoms with Crippen molar-refractivity contribution >= 4 is 23.7 Å². The summed E-state index contributed by atoms with van der Waals surface area (Å²) in [6.07, 6.45) is 1.43. The topological polar surface area (TPSA) is 182 Å². The minimum atomic E-state index is -1.36. The van der Waals surface area contributed by atoms with Gasteiger partial charge in [0.05, 0.1) is 13.2 Å².